The zero-order chi connectivity index (χ0) is 13.1. The van der Waals surface area contributed by atoms with Gasteiger partial charge >= 0.3 is 0 Å². The van der Waals surface area contributed by atoms with Crippen LogP contribution < -0.4 is 4.74 Å². The van der Waals surface area contributed by atoms with Gasteiger partial charge in [-0.2, -0.15) is 5.10 Å². The van der Waals surface area contributed by atoms with Gasteiger partial charge in [0.15, 0.2) is 0 Å². The van der Waals surface area contributed by atoms with Crippen molar-refractivity contribution in [1.29, 1.82) is 0 Å². The smallest absolute Gasteiger partial charge is 0.212 e. The van der Waals surface area contributed by atoms with E-state index in [1.165, 1.54) is 6.42 Å². The molecule has 0 aliphatic carbocycles. The van der Waals surface area contributed by atoms with E-state index in [2.05, 4.69) is 10.1 Å². The molecule has 1 aliphatic rings. The minimum atomic E-state index is 0.0775. The van der Waals surface area contributed by atoms with Crippen LogP contribution in [0.2, 0.25) is 0 Å². The van der Waals surface area contributed by atoms with Gasteiger partial charge in [-0.3, -0.25) is 0 Å². The fourth-order valence-electron chi connectivity index (χ4n) is 2.25. The Balaban J connectivity index is 1.79. The third-order valence-electron chi connectivity index (χ3n) is 3.33. The number of aromatic nitrogens is 3. The largest absolute Gasteiger partial charge is 0.481 e. The first-order valence-electron chi connectivity index (χ1n) is 6.53. The van der Waals surface area contributed by atoms with Gasteiger partial charge in [0.05, 0.1) is 13.3 Å². The highest BCUT2D eigenvalue weighted by atomic mass is 16.5. The van der Waals surface area contributed by atoms with Crippen LogP contribution in [0.4, 0.5) is 0 Å². The summed E-state index contributed by atoms with van der Waals surface area (Å²) in [6.07, 6.45) is 9.11. The zero-order valence-electron chi connectivity index (χ0n) is 11.0. The summed E-state index contributed by atoms with van der Waals surface area (Å²) < 4.78 is 12.7. The second-order valence-corrected chi connectivity index (χ2v) is 4.62. The van der Waals surface area contributed by atoms with Crippen molar-refractivity contribution in [3.8, 4) is 17.0 Å². The van der Waals surface area contributed by atoms with E-state index < -0.39 is 0 Å². The van der Waals surface area contributed by atoms with Gasteiger partial charge in [0, 0.05) is 36.2 Å². The fraction of sp³-hybridized carbons (Fsp3) is 0.429. The lowest BCUT2D eigenvalue weighted by atomic mass is 10.1. The first-order valence-corrected chi connectivity index (χ1v) is 6.53. The maximum Gasteiger partial charge on any atom is 0.212 e. The van der Waals surface area contributed by atoms with Crippen molar-refractivity contribution in [2.75, 3.05) is 13.7 Å². The summed E-state index contributed by atoms with van der Waals surface area (Å²) in [5, 5.41) is 4.39. The van der Waals surface area contributed by atoms with Crippen LogP contribution in [0.25, 0.3) is 11.1 Å². The Labute approximate surface area is 112 Å². The van der Waals surface area contributed by atoms with Crippen LogP contribution in [0.5, 0.6) is 5.88 Å². The van der Waals surface area contributed by atoms with Crippen molar-refractivity contribution in [3.05, 3.63) is 30.7 Å². The van der Waals surface area contributed by atoms with E-state index in [1.807, 2.05) is 29.2 Å². The van der Waals surface area contributed by atoms with E-state index >= 15 is 0 Å². The number of rotatable bonds is 3. The summed E-state index contributed by atoms with van der Waals surface area (Å²) in [6.45, 7) is 0.823. The maximum atomic E-state index is 5.71. The summed E-state index contributed by atoms with van der Waals surface area (Å²) in [5.41, 5.74) is 2.08. The van der Waals surface area contributed by atoms with Crippen LogP contribution >= 0.6 is 0 Å². The first kappa shape index (κ1) is 12.2. The highest BCUT2D eigenvalue weighted by molar-refractivity contribution is 5.60. The van der Waals surface area contributed by atoms with Gasteiger partial charge in [0.1, 0.15) is 6.23 Å². The molecule has 0 radical (unpaired) electrons. The van der Waals surface area contributed by atoms with Crippen LogP contribution in [0.15, 0.2) is 30.7 Å². The molecule has 0 spiro atoms. The highest BCUT2D eigenvalue weighted by Gasteiger charge is 2.16. The second kappa shape index (κ2) is 5.40. The molecule has 2 aromatic rings. The minimum absolute atomic E-state index is 0.0775. The Kier molecular flexibility index (Phi) is 3.46. The molecule has 1 fully saturated rings. The molecule has 100 valence electrons. The molecule has 5 nitrogen and oxygen atoms in total. The average molecular weight is 259 g/mol. The Hall–Kier alpha value is -1.88. The van der Waals surface area contributed by atoms with Gasteiger partial charge in [0.2, 0.25) is 5.88 Å². The van der Waals surface area contributed by atoms with Crippen LogP contribution in [0, 0.1) is 0 Å². The maximum absolute atomic E-state index is 5.71. The number of ether oxygens (including phenoxy) is 2. The van der Waals surface area contributed by atoms with E-state index in [-0.39, 0.29) is 6.23 Å². The standard InChI is InChI=1S/C14H17N3O2/c1-18-13-6-5-11(8-15-13)12-9-16-17(10-12)14-4-2-3-7-19-14/h5-6,8-10,14H,2-4,7H2,1H3/t14-/m1/s1. The van der Waals surface area contributed by atoms with Gasteiger partial charge in [0.25, 0.3) is 0 Å². The summed E-state index contributed by atoms with van der Waals surface area (Å²) >= 11 is 0. The molecule has 0 saturated carbocycles. The van der Waals surface area contributed by atoms with Gasteiger partial charge in [-0.25, -0.2) is 9.67 Å². The highest BCUT2D eigenvalue weighted by Crippen LogP contribution is 2.25. The molecule has 1 aliphatic heterocycles. The summed E-state index contributed by atoms with van der Waals surface area (Å²) in [7, 11) is 1.61. The number of methoxy groups -OCH3 is 1. The molecular formula is C14H17N3O2. The van der Waals surface area contributed by atoms with Gasteiger partial charge in [-0.1, -0.05) is 0 Å². The lowest BCUT2D eigenvalue weighted by Gasteiger charge is -2.22. The summed E-state index contributed by atoms with van der Waals surface area (Å²) in [5.74, 6) is 0.617. The molecule has 5 heteroatoms. The van der Waals surface area contributed by atoms with Gasteiger partial charge in [-0.15, -0.1) is 0 Å². The number of nitrogens with zero attached hydrogens (tertiary/aromatic N) is 3. The zero-order valence-corrected chi connectivity index (χ0v) is 11.0. The first-order chi connectivity index (χ1) is 9.36. The monoisotopic (exact) mass is 259 g/mol. The van der Waals surface area contributed by atoms with Crippen molar-refractivity contribution >= 4 is 0 Å². The Morgan fingerprint density at radius 1 is 1.26 bits per heavy atom. The van der Waals surface area contributed by atoms with Gasteiger partial charge < -0.3 is 9.47 Å². The molecule has 0 N–H and O–H groups in total. The normalized spacial score (nSPS) is 19.3. The SMILES string of the molecule is COc1ccc(-c2cnn([C@H]3CCCCO3)c2)cn1. The van der Waals surface area contributed by atoms with E-state index in [0.717, 1.165) is 30.6 Å². The molecule has 1 saturated heterocycles. The van der Waals surface area contributed by atoms with Crippen molar-refractivity contribution in [3.63, 3.8) is 0 Å². The van der Waals surface area contributed by atoms with E-state index in [0.29, 0.717) is 5.88 Å². The molecule has 0 unspecified atom stereocenters. The molecular weight excluding hydrogens is 242 g/mol. The fourth-order valence-corrected chi connectivity index (χ4v) is 2.25. The van der Waals surface area contributed by atoms with Crippen LogP contribution in [0.1, 0.15) is 25.5 Å². The number of pyridine rings is 1. The van der Waals surface area contributed by atoms with E-state index in [1.54, 1.807) is 13.3 Å². The van der Waals surface area contributed by atoms with Crippen LogP contribution in [-0.4, -0.2) is 28.5 Å². The van der Waals surface area contributed by atoms with Gasteiger partial charge in [-0.05, 0) is 25.3 Å². The summed E-state index contributed by atoms with van der Waals surface area (Å²) in [4.78, 5) is 4.20. The number of hydrogen-bond acceptors (Lipinski definition) is 4. The Bertz CT molecular complexity index is 530. The predicted octanol–water partition coefficient (Wildman–Crippen LogP) is 2.65. The molecule has 2 aromatic heterocycles. The quantitative estimate of drug-likeness (QED) is 0.850. The second-order valence-electron chi connectivity index (χ2n) is 4.62. The Morgan fingerprint density at radius 2 is 2.21 bits per heavy atom. The van der Waals surface area contributed by atoms with Crippen molar-refractivity contribution in [2.24, 2.45) is 0 Å². The molecule has 1 atom stereocenters. The molecule has 0 amide bonds. The molecule has 3 rings (SSSR count). The average Bonchev–Trinajstić information content (AvgIpc) is 2.98. The predicted molar refractivity (Wildman–Crippen MR) is 70.9 cm³/mol. The molecule has 19 heavy (non-hydrogen) atoms. The van der Waals surface area contributed by atoms with Crippen molar-refractivity contribution < 1.29 is 9.47 Å². The summed E-state index contributed by atoms with van der Waals surface area (Å²) in [6, 6.07) is 3.83. The lowest BCUT2D eigenvalue weighted by Crippen LogP contribution is -2.18. The third-order valence-corrected chi connectivity index (χ3v) is 3.33. The molecule has 0 aromatic carbocycles. The third kappa shape index (κ3) is 2.61. The molecule has 3 heterocycles. The van der Waals surface area contributed by atoms with E-state index in [9.17, 15) is 0 Å². The van der Waals surface area contributed by atoms with Crippen molar-refractivity contribution in [2.45, 2.75) is 25.5 Å². The topological polar surface area (TPSA) is 49.2 Å². The van der Waals surface area contributed by atoms with Crippen LogP contribution in [-0.2, 0) is 4.74 Å². The van der Waals surface area contributed by atoms with E-state index in [4.69, 9.17) is 9.47 Å². The Morgan fingerprint density at radius 3 is 2.89 bits per heavy atom. The van der Waals surface area contributed by atoms with Crippen LogP contribution in [0.3, 0.4) is 0 Å². The lowest BCUT2D eigenvalue weighted by molar-refractivity contribution is -0.0394. The number of hydrogen-bond donors (Lipinski definition) is 0. The minimum Gasteiger partial charge on any atom is -0.481 e. The van der Waals surface area contributed by atoms with Crippen molar-refractivity contribution in [1.82, 2.24) is 14.8 Å². The molecule has 0 bridgehead atoms.